The normalized spacial score (nSPS) is 24.3. The van der Waals surface area contributed by atoms with Gasteiger partial charge in [-0.25, -0.2) is 4.98 Å². The predicted molar refractivity (Wildman–Crippen MR) is 81.2 cm³/mol. The van der Waals surface area contributed by atoms with Crippen LogP contribution >= 0.6 is 0 Å². The molecule has 3 heterocycles. The molecule has 1 amide bonds. The minimum atomic E-state index is 0.136. The molecule has 2 aliphatic heterocycles. The van der Waals surface area contributed by atoms with E-state index in [1.807, 2.05) is 4.68 Å². The van der Waals surface area contributed by atoms with Crippen LogP contribution in [0.2, 0.25) is 0 Å². The predicted octanol–water partition coefficient (Wildman–Crippen LogP) is 0.428. The summed E-state index contributed by atoms with van der Waals surface area (Å²) in [4.78, 5) is 18.6. The fourth-order valence-electron chi connectivity index (χ4n) is 3.32. The number of hydrogen-bond donors (Lipinski definition) is 1. The van der Waals surface area contributed by atoms with E-state index in [0.29, 0.717) is 12.6 Å². The van der Waals surface area contributed by atoms with Gasteiger partial charge in [-0.2, -0.15) is 5.10 Å². The van der Waals surface area contributed by atoms with Gasteiger partial charge in [0, 0.05) is 25.3 Å². The van der Waals surface area contributed by atoms with Gasteiger partial charge in [-0.3, -0.25) is 14.4 Å². The lowest BCUT2D eigenvalue weighted by Crippen LogP contribution is -2.49. The molecule has 1 aromatic heterocycles. The lowest BCUT2D eigenvalue weighted by atomic mass is 10.0. The molecule has 0 aromatic carbocycles. The minimum Gasteiger partial charge on any atom is -0.381 e. The van der Waals surface area contributed by atoms with Crippen LogP contribution in [0.1, 0.15) is 32.1 Å². The molecule has 0 bridgehead atoms. The van der Waals surface area contributed by atoms with Gasteiger partial charge in [-0.1, -0.05) is 6.42 Å². The Morgan fingerprint density at radius 2 is 2.14 bits per heavy atom. The molecule has 0 spiro atoms. The highest BCUT2D eigenvalue weighted by atomic mass is 16.5. The van der Waals surface area contributed by atoms with Gasteiger partial charge in [0.25, 0.3) is 0 Å². The summed E-state index contributed by atoms with van der Waals surface area (Å²) in [6, 6.07) is 0.649. The van der Waals surface area contributed by atoms with Crippen molar-refractivity contribution in [1.82, 2.24) is 25.0 Å². The van der Waals surface area contributed by atoms with Crippen LogP contribution in [-0.2, 0) is 16.1 Å². The minimum absolute atomic E-state index is 0.136. The zero-order valence-electron chi connectivity index (χ0n) is 13.0. The van der Waals surface area contributed by atoms with E-state index in [4.69, 9.17) is 4.74 Å². The first-order valence-electron chi connectivity index (χ1n) is 8.25. The molecule has 2 fully saturated rings. The summed E-state index contributed by atoms with van der Waals surface area (Å²) in [5, 5.41) is 7.33. The second-order valence-electron chi connectivity index (χ2n) is 6.19. The first-order valence-corrected chi connectivity index (χ1v) is 8.25. The number of nitrogens with zero attached hydrogens (tertiary/aromatic N) is 4. The number of hydrogen-bond acceptors (Lipinski definition) is 5. The Kier molecular flexibility index (Phi) is 5.39. The van der Waals surface area contributed by atoms with Crippen molar-refractivity contribution in [2.75, 3.05) is 26.3 Å². The fraction of sp³-hybridized carbons (Fsp3) is 0.800. The van der Waals surface area contributed by atoms with Crippen LogP contribution in [0.15, 0.2) is 12.7 Å². The Labute approximate surface area is 131 Å². The van der Waals surface area contributed by atoms with Gasteiger partial charge in [0.15, 0.2) is 0 Å². The lowest BCUT2D eigenvalue weighted by Gasteiger charge is -2.35. The van der Waals surface area contributed by atoms with E-state index >= 15 is 0 Å². The number of aromatic nitrogens is 3. The van der Waals surface area contributed by atoms with Gasteiger partial charge in [-0.15, -0.1) is 0 Å². The van der Waals surface area contributed by atoms with Crippen molar-refractivity contribution in [3.63, 3.8) is 0 Å². The van der Waals surface area contributed by atoms with Gasteiger partial charge in [0.05, 0.1) is 13.1 Å². The number of nitrogens with one attached hydrogen (secondary N) is 1. The molecule has 122 valence electrons. The molecule has 1 N–H and O–H groups in total. The van der Waals surface area contributed by atoms with Crippen LogP contribution in [0.3, 0.4) is 0 Å². The van der Waals surface area contributed by atoms with Crippen LogP contribution in [0, 0.1) is 0 Å². The third-order valence-corrected chi connectivity index (χ3v) is 4.55. The van der Waals surface area contributed by atoms with Crippen molar-refractivity contribution in [2.24, 2.45) is 0 Å². The number of rotatable bonds is 5. The number of amides is 1. The summed E-state index contributed by atoms with van der Waals surface area (Å²) >= 11 is 0. The smallest absolute Gasteiger partial charge is 0.234 e. The molecule has 3 rings (SSSR count). The molecule has 1 aromatic rings. The van der Waals surface area contributed by atoms with E-state index < -0.39 is 0 Å². The SMILES string of the molecule is O=C(CN1CCCCC1Cn1cncn1)NC1CCOCC1. The number of carbonyl (C=O) groups excluding carboxylic acids is 1. The standard InChI is InChI=1S/C15H25N5O2/c21-15(18-13-4-7-22-8-5-13)10-19-6-2-1-3-14(19)9-20-12-16-11-17-20/h11-14H,1-10H2,(H,18,21). The summed E-state index contributed by atoms with van der Waals surface area (Å²) in [6.07, 6.45) is 8.66. The van der Waals surface area contributed by atoms with E-state index in [-0.39, 0.29) is 11.9 Å². The summed E-state index contributed by atoms with van der Waals surface area (Å²) in [7, 11) is 0. The van der Waals surface area contributed by atoms with Crippen LogP contribution in [0.5, 0.6) is 0 Å². The second kappa shape index (κ2) is 7.69. The Bertz CT molecular complexity index is 459. The quantitative estimate of drug-likeness (QED) is 0.854. The van der Waals surface area contributed by atoms with Crippen LogP contribution < -0.4 is 5.32 Å². The molecule has 1 unspecified atom stereocenters. The highest BCUT2D eigenvalue weighted by Gasteiger charge is 2.26. The number of carbonyl (C=O) groups is 1. The molecule has 2 aliphatic rings. The molecule has 7 heteroatoms. The van der Waals surface area contributed by atoms with Crippen molar-refractivity contribution < 1.29 is 9.53 Å². The monoisotopic (exact) mass is 307 g/mol. The number of likely N-dealkylation sites (tertiary alicyclic amines) is 1. The summed E-state index contributed by atoms with van der Waals surface area (Å²) in [6.45, 7) is 3.79. The van der Waals surface area contributed by atoms with Crippen molar-refractivity contribution in [3.05, 3.63) is 12.7 Å². The van der Waals surface area contributed by atoms with E-state index in [2.05, 4.69) is 20.3 Å². The van der Waals surface area contributed by atoms with Gasteiger partial charge in [-0.05, 0) is 32.2 Å². The number of piperidine rings is 1. The maximum atomic E-state index is 12.3. The van der Waals surface area contributed by atoms with Gasteiger partial charge < -0.3 is 10.1 Å². The zero-order valence-corrected chi connectivity index (χ0v) is 13.0. The third kappa shape index (κ3) is 4.27. The molecule has 0 aliphatic carbocycles. The van der Waals surface area contributed by atoms with Gasteiger partial charge in [0.1, 0.15) is 12.7 Å². The highest BCUT2D eigenvalue weighted by molar-refractivity contribution is 5.78. The van der Waals surface area contributed by atoms with Crippen molar-refractivity contribution >= 4 is 5.91 Å². The number of ether oxygens (including phenoxy) is 1. The van der Waals surface area contributed by atoms with E-state index in [1.54, 1.807) is 12.7 Å². The first-order chi connectivity index (χ1) is 10.8. The lowest BCUT2D eigenvalue weighted by molar-refractivity contribution is -0.124. The highest BCUT2D eigenvalue weighted by Crippen LogP contribution is 2.18. The topological polar surface area (TPSA) is 72.3 Å². The van der Waals surface area contributed by atoms with E-state index in [9.17, 15) is 4.79 Å². The van der Waals surface area contributed by atoms with Crippen LogP contribution in [-0.4, -0.2) is 64.0 Å². The average molecular weight is 307 g/mol. The van der Waals surface area contributed by atoms with E-state index in [1.165, 1.54) is 12.8 Å². The van der Waals surface area contributed by atoms with E-state index in [0.717, 1.165) is 45.6 Å². The van der Waals surface area contributed by atoms with Crippen LogP contribution in [0.25, 0.3) is 0 Å². The molecular formula is C15H25N5O2. The summed E-state index contributed by atoms with van der Waals surface area (Å²) in [5.74, 6) is 0.136. The molecule has 7 nitrogen and oxygen atoms in total. The van der Waals surface area contributed by atoms with Crippen LogP contribution in [0.4, 0.5) is 0 Å². The van der Waals surface area contributed by atoms with Crippen molar-refractivity contribution in [3.8, 4) is 0 Å². The third-order valence-electron chi connectivity index (χ3n) is 4.55. The Morgan fingerprint density at radius 1 is 1.27 bits per heavy atom. The molecule has 0 saturated carbocycles. The summed E-state index contributed by atoms with van der Waals surface area (Å²) in [5.41, 5.74) is 0. The summed E-state index contributed by atoms with van der Waals surface area (Å²) < 4.78 is 7.19. The molecule has 2 saturated heterocycles. The Hall–Kier alpha value is -1.47. The molecule has 1 atom stereocenters. The Morgan fingerprint density at radius 3 is 2.91 bits per heavy atom. The first kappa shape index (κ1) is 15.4. The second-order valence-corrected chi connectivity index (χ2v) is 6.19. The van der Waals surface area contributed by atoms with Crippen molar-refractivity contribution in [1.29, 1.82) is 0 Å². The molecule has 22 heavy (non-hydrogen) atoms. The average Bonchev–Trinajstić information content (AvgIpc) is 3.03. The maximum Gasteiger partial charge on any atom is 0.234 e. The largest absolute Gasteiger partial charge is 0.381 e. The van der Waals surface area contributed by atoms with Crippen molar-refractivity contribution in [2.45, 2.75) is 50.7 Å². The molecular weight excluding hydrogens is 282 g/mol. The Balaban J connectivity index is 1.50. The maximum absolute atomic E-state index is 12.3. The fourth-order valence-corrected chi connectivity index (χ4v) is 3.32. The molecule has 0 radical (unpaired) electrons. The van der Waals surface area contributed by atoms with Gasteiger partial charge in [0.2, 0.25) is 5.91 Å². The van der Waals surface area contributed by atoms with Gasteiger partial charge >= 0.3 is 0 Å². The zero-order chi connectivity index (χ0) is 15.2.